The highest BCUT2D eigenvalue weighted by Crippen LogP contribution is 2.22. The number of nitrogens with one attached hydrogen (secondary N) is 1. The number of hydrogen-bond acceptors (Lipinski definition) is 2. The number of carbonyl (C=O) groups excluding carboxylic acids is 2. The lowest BCUT2D eigenvalue weighted by Crippen LogP contribution is -2.51. The van der Waals surface area contributed by atoms with Crippen molar-refractivity contribution in [3.05, 3.63) is 70.2 Å². The van der Waals surface area contributed by atoms with Gasteiger partial charge in [0, 0.05) is 24.0 Å². The lowest BCUT2D eigenvalue weighted by Gasteiger charge is -2.33. The minimum Gasteiger partial charge on any atom is -0.352 e. The first kappa shape index (κ1) is 24.3. The molecule has 0 radical (unpaired) electrons. The van der Waals surface area contributed by atoms with Crippen LogP contribution in [0.1, 0.15) is 68.6 Å². The maximum Gasteiger partial charge on any atom is 0.243 e. The van der Waals surface area contributed by atoms with Gasteiger partial charge in [0.05, 0.1) is 0 Å². The molecule has 2 aromatic carbocycles. The molecule has 4 nitrogen and oxygen atoms in total. The molecule has 172 valence electrons. The van der Waals surface area contributed by atoms with Crippen LogP contribution in [0.15, 0.2) is 48.5 Å². The molecule has 0 heterocycles. The van der Waals surface area contributed by atoms with Gasteiger partial charge in [-0.2, -0.15) is 0 Å². The zero-order valence-corrected chi connectivity index (χ0v) is 20.0. The van der Waals surface area contributed by atoms with Crippen LogP contribution >= 0.6 is 11.6 Å². The molecular formula is C27H35ClN2O2. The molecule has 0 aliphatic heterocycles. The van der Waals surface area contributed by atoms with Crippen molar-refractivity contribution in [2.24, 2.45) is 0 Å². The molecule has 32 heavy (non-hydrogen) atoms. The molecule has 3 rings (SSSR count). The van der Waals surface area contributed by atoms with Crippen molar-refractivity contribution >= 4 is 23.4 Å². The van der Waals surface area contributed by atoms with Gasteiger partial charge >= 0.3 is 0 Å². The Kier molecular flexibility index (Phi) is 9.16. The molecule has 0 spiro atoms. The summed E-state index contributed by atoms with van der Waals surface area (Å²) in [7, 11) is 0. The van der Waals surface area contributed by atoms with Crippen molar-refractivity contribution in [3.63, 3.8) is 0 Å². The first-order valence-electron chi connectivity index (χ1n) is 11.9. The lowest BCUT2D eigenvalue weighted by molar-refractivity contribution is -0.141. The Morgan fingerprint density at radius 1 is 1.06 bits per heavy atom. The number of amides is 2. The third-order valence-corrected chi connectivity index (χ3v) is 6.75. The van der Waals surface area contributed by atoms with E-state index in [4.69, 9.17) is 11.6 Å². The second-order valence-corrected chi connectivity index (χ2v) is 9.27. The van der Waals surface area contributed by atoms with Gasteiger partial charge in [-0.1, -0.05) is 85.8 Å². The van der Waals surface area contributed by atoms with Crippen LogP contribution < -0.4 is 5.32 Å². The molecule has 5 heteroatoms. The van der Waals surface area contributed by atoms with Gasteiger partial charge in [-0.3, -0.25) is 9.59 Å². The Morgan fingerprint density at radius 3 is 2.41 bits per heavy atom. The highest BCUT2D eigenvalue weighted by Gasteiger charge is 2.30. The van der Waals surface area contributed by atoms with Gasteiger partial charge in [0.1, 0.15) is 6.04 Å². The van der Waals surface area contributed by atoms with E-state index >= 15 is 0 Å². The van der Waals surface area contributed by atoms with Gasteiger partial charge in [0.2, 0.25) is 11.8 Å². The van der Waals surface area contributed by atoms with Crippen LogP contribution in [-0.2, 0) is 22.6 Å². The normalized spacial score (nSPS) is 15.2. The van der Waals surface area contributed by atoms with Crippen LogP contribution in [0, 0.1) is 6.92 Å². The van der Waals surface area contributed by atoms with Crippen molar-refractivity contribution in [2.45, 2.75) is 83.8 Å². The van der Waals surface area contributed by atoms with Gasteiger partial charge in [-0.05, 0) is 49.8 Å². The smallest absolute Gasteiger partial charge is 0.243 e. The Morgan fingerprint density at radius 2 is 1.75 bits per heavy atom. The summed E-state index contributed by atoms with van der Waals surface area (Å²) in [6.45, 7) is 4.36. The van der Waals surface area contributed by atoms with E-state index in [2.05, 4.69) is 36.5 Å². The standard InChI is InChI=1S/C27H35ClN2O2/c1-3-25(27(32)29-23-10-5-4-6-11-23)30(19-22-9-7-8-12-24(22)28)26(31)18-17-21-15-13-20(2)14-16-21/h7-9,12-16,23,25H,3-6,10-11,17-19H2,1-2H3,(H,29,32)/t25-/m0/s1. The Labute approximate surface area is 197 Å². The van der Waals surface area contributed by atoms with Gasteiger partial charge < -0.3 is 10.2 Å². The zero-order chi connectivity index (χ0) is 22.9. The van der Waals surface area contributed by atoms with Crippen molar-refractivity contribution in [2.75, 3.05) is 0 Å². The summed E-state index contributed by atoms with van der Waals surface area (Å²) in [4.78, 5) is 28.4. The fraction of sp³-hybridized carbons (Fsp3) is 0.481. The number of aryl methyl sites for hydroxylation is 2. The van der Waals surface area contributed by atoms with Crippen LogP contribution in [0.25, 0.3) is 0 Å². The van der Waals surface area contributed by atoms with Crippen LogP contribution in [-0.4, -0.2) is 28.8 Å². The van der Waals surface area contributed by atoms with Crippen LogP contribution in [0.5, 0.6) is 0 Å². The summed E-state index contributed by atoms with van der Waals surface area (Å²) < 4.78 is 0. The van der Waals surface area contributed by atoms with Crippen molar-refractivity contribution in [3.8, 4) is 0 Å². The summed E-state index contributed by atoms with van der Waals surface area (Å²) in [6.07, 6.45) is 7.17. The third kappa shape index (κ3) is 6.83. The molecule has 1 fully saturated rings. The number of benzene rings is 2. The van der Waals surface area contributed by atoms with Crippen molar-refractivity contribution < 1.29 is 9.59 Å². The monoisotopic (exact) mass is 454 g/mol. The van der Waals surface area contributed by atoms with Crippen LogP contribution in [0.2, 0.25) is 5.02 Å². The summed E-state index contributed by atoms with van der Waals surface area (Å²) in [5, 5.41) is 3.84. The molecule has 1 aliphatic carbocycles. The first-order chi connectivity index (χ1) is 15.5. The molecule has 1 saturated carbocycles. The van der Waals surface area contributed by atoms with Gasteiger partial charge in [-0.15, -0.1) is 0 Å². The molecule has 2 amide bonds. The third-order valence-electron chi connectivity index (χ3n) is 6.38. The fourth-order valence-corrected chi connectivity index (χ4v) is 4.62. The quantitative estimate of drug-likeness (QED) is 0.517. The number of hydrogen-bond donors (Lipinski definition) is 1. The van der Waals surface area contributed by atoms with Gasteiger partial charge in [-0.25, -0.2) is 0 Å². The number of carbonyl (C=O) groups is 2. The second-order valence-electron chi connectivity index (χ2n) is 8.87. The average Bonchev–Trinajstić information content (AvgIpc) is 2.80. The summed E-state index contributed by atoms with van der Waals surface area (Å²) in [6, 6.07) is 15.5. The Hall–Kier alpha value is -2.33. The largest absolute Gasteiger partial charge is 0.352 e. The number of halogens is 1. The average molecular weight is 455 g/mol. The molecule has 0 unspecified atom stereocenters. The molecule has 1 atom stereocenters. The van der Waals surface area contributed by atoms with Gasteiger partial charge in [0.15, 0.2) is 0 Å². The summed E-state index contributed by atoms with van der Waals surface area (Å²) in [5.74, 6) is -0.0636. The molecular weight excluding hydrogens is 420 g/mol. The SMILES string of the molecule is CC[C@@H](C(=O)NC1CCCCC1)N(Cc1ccccc1Cl)C(=O)CCc1ccc(C)cc1. The predicted octanol–water partition coefficient (Wildman–Crippen LogP) is 5.84. The van der Waals surface area contributed by atoms with E-state index in [-0.39, 0.29) is 17.9 Å². The Balaban J connectivity index is 1.75. The maximum atomic E-state index is 13.4. The van der Waals surface area contributed by atoms with Crippen molar-refractivity contribution in [1.82, 2.24) is 10.2 Å². The van der Waals surface area contributed by atoms with E-state index in [0.29, 0.717) is 30.8 Å². The number of rotatable bonds is 9. The lowest BCUT2D eigenvalue weighted by atomic mass is 9.95. The molecule has 0 bridgehead atoms. The predicted molar refractivity (Wildman–Crippen MR) is 131 cm³/mol. The minimum atomic E-state index is -0.501. The van der Waals surface area contributed by atoms with E-state index in [1.165, 1.54) is 12.0 Å². The van der Waals surface area contributed by atoms with Crippen LogP contribution in [0.4, 0.5) is 0 Å². The topological polar surface area (TPSA) is 49.4 Å². The van der Waals surface area contributed by atoms with E-state index in [1.54, 1.807) is 4.90 Å². The second kappa shape index (κ2) is 12.1. The van der Waals surface area contributed by atoms with E-state index in [9.17, 15) is 9.59 Å². The van der Waals surface area contributed by atoms with E-state index in [0.717, 1.165) is 36.8 Å². The summed E-state index contributed by atoms with van der Waals surface area (Å²) in [5.41, 5.74) is 3.19. The fourth-order valence-electron chi connectivity index (χ4n) is 4.42. The van der Waals surface area contributed by atoms with Crippen molar-refractivity contribution in [1.29, 1.82) is 0 Å². The Bertz CT molecular complexity index is 891. The van der Waals surface area contributed by atoms with E-state index < -0.39 is 6.04 Å². The highest BCUT2D eigenvalue weighted by molar-refractivity contribution is 6.31. The van der Waals surface area contributed by atoms with Gasteiger partial charge in [0.25, 0.3) is 0 Å². The minimum absolute atomic E-state index is 0.0175. The highest BCUT2D eigenvalue weighted by atomic mass is 35.5. The molecule has 2 aromatic rings. The van der Waals surface area contributed by atoms with Crippen LogP contribution in [0.3, 0.4) is 0 Å². The first-order valence-corrected chi connectivity index (χ1v) is 12.2. The molecule has 0 saturated heterocycles. The van der Waals surface area contributed by atoms with E-state index in [1.807, 2.05) is 31.2 Å². The number of nitrogens with zero attached hydrogens (tertiary/aromatic N) is 1. The zero-order valence-electron chi connectivity index (χ0n) is 19.3. The molecule has 0 aromatic heterocycles. The summed E-state index contributed by atoms with van der Waals surface area (Å²) >= 11 is 6.41. The molecule has 1 aliphatic rings. The molecule has 1 N–H and O–H groups in total. The maximum absolute atomic E-state index is 13.4.